The van der Waals surface area contributed by atoms with Crippen molar-refractivity contribution >= 4 is 0 Å². The zero-order valence-corrected chi connectivity index (χ0v) is 13.0. The minimum atomic E-state index is 0.778. The largest absolute Gasteiger partial charge is 0.103 e. The first-order valence-electron chi connectivity index (χ1n) is 7.49. The van der Waals surface area contributed by atoms with Crippen LogP contribution in [0.15, 0.2) is 12.7 Å². The Balaban J connectivity index is 3.97. The molecule has 0 rings (SSSR count). The van der Waals surface area contributed by atoms with Crippen LogP contribution in [-0.4, -0.2) is 0 Å². The SMILES string of the molecule is C=CCC(C)C(C)C(C)CC(C)CCC(C)C. The highest BCUT2D eigenvalue weighted by Gasteiger charge is 2.20. The number of allylic oxidation sites excluding steroid dienone is 1. The van der Waals surface area contributed by atoms with E-state index in [2.05, 4.69) is 54.2 Å². The van der Waals surface area contributed by atoms with Crippen molar-refractivity contribution < 1.29 is 0 Å². The molecule has 0 bridgehead atoms. The minimum absolute atomic E-state index is 0.778. The van der Waals surface area contributed by atoms with Crippen LogP contribution in [0, 0.1) is 29.6 Å². The van der Waals surface area contributed by atoms with Crippen LogP contribution in [0.5, 0.6) is 0 Å². The van der Waals surface area contributed by atoms with Gasteiger partial charge in [0, 0.05) is 0 Å². The van der Waals surface area contributed by atoms with E-state index in [1.165, 1.54) is 19.3 Å². The summed E-state index contributed by atoms with van der Waals surface area (Å²) >= 11 is 0. The fourth-order valence-corrected chi connectivity index (χ4v) is 2.62. The first-order valence-corrected chi connectivity index (χ1v) is 7.49. The van der Waals surface area contributed by atoms with Gasteiger partial charge < -0.3 is 0 Å². The molecule has 0 aromatic carbocycles. The summed E-state index contributed by atoms with van der Waals surface area (Å²) in [7, 11) is 0. The molecule has 0 aromatic rings. The molecule has 0 fully saturated rings. The van der Waals surface area contributed by atoms with Gasteiger partial charge in [-0.05, 0) is 42.4 Å². The van der Waals surface area contributed by atoms with Gasteiger partial charge in [0.15, 0.2) is 0 Å². The summed E-state index contributed by atoms with van der Waals surface area (Å²) < 4.78 is 0. The summed E-state index contributed by atoms with van der Waals surface area (Å²) in [4.78, 5) is 0. The van der Waals surface area contributed by atoms with E-state index in [0.29, 0.717) is 0 Å². The molecular weight excluding hydrogens is 204 g/mol. The number of hydrogen-bond acceptors (Lipinski definition) is 0. The molecule has 0 saturated carbocycles. The number of rotatable bonds is 9. The van der Waals surface area contributed by atoms with Gasteiger partial charge in [0.2, 0.25) is 0 Å². The molecule has 0 nitrogen and oxygen atoms in total. The third-order valence-corrected chi connectivity index (χ3v) is 4.34. The second kappa shape index (κ2) is 8.78. The highest BCUT2D eigenvalue weighted by atomic mass is 14.3. The van der Waals surface area contributed by atoms with Gasteiger partial charge in [-0.2, -0.15) is 0 Å². The van der Waals surface area contributed by atoms with Crippen LogP contribution in [-0.2, 0) is 0 Å². The fourth-order valence-electron chi connectivity index (χ4n) is 2.62. The third kappa shape index (κ3) is 7.63. The van der Waals surface area contributed by atoms with Crippen molar-refractivity contribution in [3.8, 4) is 0 Å². The second-order valence-electron chi connectivity index (χ2n) is 6.65. The van der Waals surface area contributed by atoms with Crippen LogP contribution in [0.4, 0.5) is 0 Å². The Kier molecular flexibility index (Phi) is 8.64. The van der Waals surface area contributed by atoms with E-state index < -0.39 is 0 Å². The van der Waals surface area contributed by atoms with Gasteiger partial charge in [-0.3, -0.25) is 0 Å². The number of hydrogen-bond donors (Lipinski definition) is 0. The third-order valence-electron chi connectivity index (χ3n) is 4.34. The molecule has 0 aliphatic rings. The summed E-state index contributed by atoms with van der Waals surface area (Å²) in [5.74, 6) is 4.16. The Bertz CT molecular complexity index is 192. The van der Waals surface area contributed by atoms with E-state index in [9.17, 15) is 0 Å². The lowest BCUT2D eigenvalue weighted by molar-refractivity contribution is 0.233. The van der Waals surface area contributed by atoms with E-state index in [-0.39, 0.29) is 0 Å². The molecule has 0 aromatic heterocycles. The van der Waals surface area contributed by atoms with Gasteiger partial charge in [-0.15, -0.1) is 6.58 Å². The quantitative estimate of drug-likeness (QED) is 0.436. The average Bonchev–Trinajstić information content (AvgIpc) is 2.25. The van der Waals surface area contributed by atoms with Crippen molar-refractivity contribution in [1.29, 1.82) is 0 Å². The van der Waals surface area contributed by atoms with Crippen LogP contribution in [0.2, 0.25) is 0 Å². The van der Waals surface area contributed by atoms with Crippen LogP contribution in [0.1, 0.15) is 67.2 Å². The summed E-state index contributed by atoms with van der Waals surface area (Å²) in [6, 6.07) is 0. The zero-order chi connectivity index (χ0) is 13.4. The van der Waals surface area contributed by atoms with E-state index in [4.69, 9.17) is 0 Å². The molecule has 4 unspecified atom stereocenters. The van der Waals surface area contributed by atoms with Gasteiger partial charge in [0.05, 0.1) is 0 Å². The summed E-state index contributed by atoms with van der Waals surface area (Å²) in [5, 5.41) is 0. The van der Waals surface area contributed by atoms with Gasteiger partial charge in [0.25, 0.3) is 0 Å². The molecule has 0 aliphatic carbocycles. The standard InChI is InChI=1S/C17H34/c1-8-9-15(5)17(7)16(6)12-14(4)11-10-13(2)3/h8,13-17H,1,9-12H2,2-7H3. The van der Waals surface area contributed by atoms with Crippen LogP contribution in [0.25, 0.3) is 0 Å². The maximum Gasteiger partial charge on any atom is -0.0325 e. The van der Waals surface area contributed by atoms with Crippen molar-refractivity contribution in [3.63, 3.8) is 0 Å². The highest BCUT2D eigenvalue weighted by molar-refractivity contribution is 4.77. The van der Waals surface area contributed by atoms with Crippen LogP contribution in [0.3, 0.4) is 0 Å². The maximum atomic E-state index is 3.85. The molecule has 0 N–H and O–H groups in total. The first-order chi connectivity index (χ1) is 7.88. The molecular formula is C17H34. The lowest BCUT2D eigenvalue weighted by atomic mass is 9.78. The molecule has 0 saturated heterocycles. The lowest BCUT2D eigenvalue weighted by Crippen LogP contribution is -2.18. The maximum absolute atomic E-state index is 3.85. The van der Waals surface area contributed by atoms with Crippen molar-refractivity contribution in [2.75, 3.05) is 0 Å². The molecule has 0 radical (unpaired) electrons. The van der Waals surface area contributed by atoms with E-state index in [1.54, 1.807) is 0 Å². The molecule has 0 heterocycles. The lowest BCUT2D eigenvalue weighted by Gasteiger charge is -2.28. The summed E-state index contributed by atoms with van der Waals surface area (Å²) in [6.45, 7) is 18.1. The van der Waals surface area contributed by atoms with Crippen molar-refractivity contribution in [2.24, 2.45) is 29.6 Å². The van der Waals surface area contributed by atoms with Crippen molar-refractivity contribution in [1.82, 2.24) is 0 Å². The summed E-state index contributed by atoms with van der Waals surface area (Å²) in [5.41, 5.74) is 0. The molecule has 0 amide bonds. The monoisotopic (exact) mass is 238 g/mol. The second-order valence-corrected chi connectivity index (χ2v) is 6.65. The zero-order valence-electron chi connectivity index (χ0n) is 13.0. The van der Waals surface area contributed by atoms with E-state index in [0.717, 1.165) is 36.0 Å². The normalized spacial score (nSPS) is 18.8. The Labute approximate surface area is 110 Å². The minimum Gasteiger partial charge on any atom is -0.103 e. The molecule has 0 aliphatic heterocycles. The fraction of sp³-hybridized carbons (Fsp3) is 0.882. The topological polar surface area (TPSA) is 0 Å². The summed E-state index contributed by atoms with van der Waals surface area (Å²) in [6.07, 6.45) is 7.38. The molecule has 0 heteroatoms. The predicted molar refractivity (Wildman–Crippen MR) is 80.2 cm³/mol. The Morgan fingerprint density at radius 1 is 0.882 bits per heavy atom. The molecule has 17 heavy (non-hydrogen) atoms. The smallest absolute Gasteiger partial charge is 0.0325 e. The molecule has 0 spiro atoms. The Morgan fingerprint density at radius 3 is 1.94 bits per heavy atom. The molecule has 102 valence electrons. The van der Waals surface area contributed by atoms with E-state index >= 15 is 0 Å². The Hall–Kier alpha value is -0.260. The van der Waals surface area contributed by atoms with Gasteiger partial charge in [-0.25, -0.2) is 0 Å². The first kappa shape index (κ1) is 16.7. The van der Waals surface area contributed by atoms with Crippen LogP contribution >= 0.6 is 0 Å². The molecule has 4 atom stereocenters. The van der Waals surface area contributed by atoms with Gasteiger partial charge in [0.1, 0.15) is 0 Å². The Morgan fingerprint density at radius 2 is 1.47 bits per heavy atom. The average molecular weight is 238 g/mol. The van der Waals surface area contributed by atoms with Crippen LogP contribution < -0.4 is 0 Å². The van der Waals surface area contributed by atoms with Gasteiger partial charge in [-0.1, -0.05) is 60.5 Å². The van der Waals surface area contributed by atoms with E-state index in [1.807, 2.05) is 0 Å². The van der Waals surface area contributed by atoms with Crippen molar-refractivity contribution in [2.45, 2.75) is 67.2 Å². The van der Waals surface area contributed by atoms with Gasteiger partial charge >= 0.3 is 0 Å². The highest BCUT2D eigenvalue weighted by Crippen LogP contribution is 2.29. The van der Waals surface area contributed by atoms with Crippen molar-refractivity contribution in [3.05, 3.63) is 12.7 Å². The predicted octanol–water partition coefficient (Wildman–Crippen LogP) is 5.93.